The number of anilines is 1. The first-order chi connectivity index (χ1) is 9.40. The number of hydrogen-bond acceptors (Lipinski definition) is 3. The van der Waals surface area contributed by atoms with Crippen LogP contribution in [-0.4, -0.2) is 11.1 Å². The molecule has 2 aromatic rings. The van der Waals surface area contributed by atoms with Gasteiger partial charge in [0.2, 0.25) is 0 Å². The molecule has 1 amide bonds. The highest BCUT2D eigenvalue weighted by molar-refractivity contribution is 6.35. The van der Waals surface area contributed by atoms with E-state index in [0.717, 1.165) is 0 Å². The zero-order chi connectivity index (χ0) is 14.9. The summed E-state index contributed by atoms with van der Waals surface area (Å²) in [6.07, 6.45) is 0. The molecule has 20 heavy (non-hydrogen) atoms. The zero-order valence-electron chi connectivity index (χ0n) is 11.3. The van der Waals surface area contributed by atoms with E-state index in [1.54, 1.807) is 25.1 Å². The van der Waals surface area contributed by atoms with Crippen LogP contribution in [0.1, 0.15) is 41.6 Å². The van der Waals surface area contributed by atoms with Gasteiger partial charge >= 0.3 is 0 Å². The highest BCUT2D eigenvalue weighted by Crippen LogP contribution is 2.28. The molecule has 0 saturated heterocycles. The normalized spacial score (nSPS) is 10.9. The Hall–Kier alpha value is -1.52. The predicted octanol–water partition coefficient (Wildman–Crippen LogP) is 4.67. The van der Waals surface area contributed by atoms with Crippen LogP contribution in [0, 0.1) is 6.92 Å². The fourth-order valence-electron chi connectivity index (χ4n) is 1.84. The van der Waals surface area contributed by atoms with Gasteiger partial charge in [-0.15, -0.1) is 0 Å². The Morgan fingerprint density at radius 2 is 2.05 bits per heavy atom. The van der Waals surface area contributed by atoms with Gasteiger partial charge in [-0.3, -0.25) is 4.79 Å². The lowest BCUT2D eigenvalue weighted by Crippen LogP contribution is -2.15. The third kappa shape index (κ3) is 2.97. The van der Waals surface area contributed by atoms with Crippen LogP contribution in [0.3, 0.4) is 0 Å². The minimum atomic E-state index is -0.309. The number of nitrogens with one attached hydrogen (secondary N) is 1. The van der Waals surface area contributed by atoms with Crippen molar-refractivity contribution in [1.29, 1.82) is 0 Å². The lowest BCUT2D eigenvalue weighted by atomic mass is 10.0. The molecule has 0 aliphatic heterocycles. The van der Waals surface area contributed by atoms with Crippen molar-refractivity contribution in [2.45, 2.75) is 26.7 Å². The number of amides is 1. The summed E-state index contributed by atoms with van der Waals surface area (Å²) in [5.74, 6) is 0.307. The number of carbonyl (C=O) groups is 1. The largest absolute Gasteiger partial charge is 0.360 e. The van der Waals surface area contributed by atoms with E-state index in [2.05, 4.69) is 10.5 Å². The van der Waals surface area contributed by atoms with Crippen molar-refractivity contribution in [1.82, 2.24) is 5.16 Å². The Labute approximate surface area is 127 Å². The maximum absolute atomic E-state index is 12.4. The Kier molecular flexibility index (Phi) is 4.35. The van der Waals surface area contributed by atoms with E-state index in [-0.39, 0.29) is 11.8 Å². The van der Waals surface area contributed by atoms with Crippen LogP contribution >= 0.6 is 23.2 Å². The van der Waals surface area contributed by atoms with Gasteiger partial charge in [0, 0.05) is 10.9 Å². The van der Waals surface area contributed by atoms with Gasteiger partial charge in [0.1, 0.15) is 5.56 Å². The maximum atomic E-state index is 12.4. The topological polar surface area (TPSA) is 55.1 Å². The molecule has 0 unspecified atom stereocenters. The number of carbonyl (C=O) groups excluding carboxylic acids is 1. The van der Waals surface area contributed by atoms with E-state index in [0.29, 0.717) is 32.8 Å². The minimum Gasteiger partial charge on any atom is -0.360 e. The number of hydrogen-bond donors (Lipinski definition) is 1. The summed E-state index contributed by atoms with van der Waals surface area (Å²) in [4.78, 5) is 12.4. The summed E-state index contributed by atoms with van der Waals surface area (Å²) in [7, 11) is 0. The minimum absolute atomic E-state index is 0.0618. The molecule has 4 nitrogen and oxygen atoms in total. The van der Waals surface area contributed by atoms with Crippen molar-refractivity contribution in [3.8, 4) is 0 Å². The van der Waals surface area contributed by atoms with Crippen LogP contribution in [-0.2, 0) is 0 Å². The fraction of sp³-hybridized carbons (Fsp3) is 0.286. The van der Waals surface area contributed by atoms with Crippen LogP contribution in [0.4, 0.5) is 5.69 Å². The van der Waals surface area contributed by atoms with E-state index >= 15 is 0 Å². The number of aromatic nitrogens is 1. The molecule has 1 heterocycles. The molecule has 0 aliphatic carbocycles. The Morgan fingerprint density at radius 3 is 2.70 bits per heavy atom. The van der Waals surface area contributed by atoms with Gasteiger partial charge in [-0.05, 0) is 25.1 Å². The smallest absolute Gasteiger partial charge is 0.261 e. The molecule has 1 aromatic heterocycles. The van der Waals surface area contributed by atoms with Gasteiger partial charge < -0.3 is 9.84 Å². The van der Waals surface area contributed by atoms with Crippen LogP contribution in [0.15, 0.2) is 22.7 Å². The van der Waals surface area contributed by atoms with Crippen LogP contribution in [0.5, 0.6) is 0 Å². The molecule has 106 valence electrons. The van der Waals surface area contributed by atoms with Crippen LogP contribution < -0.4 is 5.32 Å². The fourth-order valence-corrected chi connectivity index (χ4v) is 2.17. The molecule has 0 fully saturated rings. The summed E-state index contributed by atoms with van der Waals surface area (Å²) in [5.41, 5.74) is 1.44. The second-order valence-electron chi connectivity index (χ2n) is 4.74. The lowest BCUT2D eigenvalue weighted by Gasteiger charge is -2.09. The number of halogens is 2. The lowest BCUT2D eigenvalue weighted by molar-refractivity contribution is 0.102. The van der Waals surface area contributed by atoms with E-state index in [1.807, 2.05) is 13.8 Å². The van der Waals surface area contributed by atoms with E-state index < -0.39 is 0 Å². The maximum Gasteiger partial charge on any atom is 0.261 e. The van der Waals surface area contributed by atoms with Gasteiger partial charge in [0.15, 0.2) is 5.76 Å². The van der Waals surface area contributed by atoms with Crippen molar-refractivity contribution in [2.24, 2.45) is 0 Å². The highest BCUT2D eigenvalue weighted by Gasteiger charge is 2.23. The van der Waals surface area contributed by atoms with Crippen molar-refractivity contribution >= 4 is 34.8 Å². The summed E-state index contributed by atoms with van der Waals surface area (Å²) in [6, 6.07) is 4.88. The van der Waals surface area contributed by atoms with Crippen LogP contribution in [0.2, 0.25) is 10.0 Å². The van der Waals surface area contributed by atoms with Gasteiger partial charge in [-0.25, -0.2) is 0 Å². The molecule has 0 spiro atoms. The molecule has 2 rings (SSSR count). The Morgan fingerprint density at radius 1 is 1.35 bits per heavy atom. The zero-order valence-corrected chi connectivity index (χ0v) is 12.8. The highest BCUT2D eigenvalue weighted by atomic mass is 35.5. The van der Waals surface area contributed by atoms with E-state index in [1.165, 1.54) is 0 Å². The standard InChI is InChI=1S/C14H14Cl2N2O2/c1-7(2)13-12(8(3)18-20-13)14(19)17-11-6-9(15)4-5-10(11)16/h4-7H,1-3H3,(H,17,19). The molecule has 0 bridgehead atoms. The second-order valence-corrected chi connectivity index (χ2v) is 5.58. The van der Waals surface area contributed by atoms with Gasteiger partial charge in [0.25, 0.3) is 5.91 Å². The number of nitrogens with zero attached hydrogens (tertiary/aromatic N) is 1. The average Bonchev–Trinajstić information content (AvgIpc) is 2.76. The number of benzene rings is 1. The molecule has 1 N–H and O–H groups in total. The average molecular weight is 313 g/mol. The second kappa shape index (κ2) is 5.85. The quantitative estimate of drug-likeness (QED) is 0.896. The molecule has 0 saturated carbocycles. The summed E-state index contributed by atoms with van der Waals surface area (Å²) in [5, 5.41) is 7.50. The third-order valence-corrected chi connectivity index (χ3v) is 3.38. The third-order valence-electron chi connectivity index (χ3n) is 2.82. The summed E-state index contributed by atoms with van der Waals surface area (Å²) in [6.45, 7) is 5.59. The van der Waals surface area contributed by atoms with E-state index in [9.17, 15) is 4.79 Å². The molecule has 6 heteroatoms. The molecule has 0 radical (unpaired) electrons. The number of aryl methyl sites for hydroxylation is 1. The summed E-state index contributed by atoms with van der Waals surface area (Å²) >= 11 is 11.9. The first-order valence-electron chi connectivity index (χ1n) is 6.12. The van der Waals surface area contributed by atoms with Crippen molar-refractivity contribution in [2.75, 3.05) is 5.32 Å². The monoisotopic (exact) mass is 312 g/mol. The van der Waals surface area contributed by atoms with Crippen molar-refractivity contribution in [3.63, 3.8) is 0 Å². The van der Waals surface area contributed by atoms with E-state index in [4.69, 9.17) is 27.7 Å². The first kappa shape index (κ1) is 14.9. The molecule has 0 aliphatic rings. The van der Waals surface area contributed by atoms with Crippen molar-refractivity contribution in [3.05, 3.63) is 45.3 Å². The van der Waals surface area contributed by atoms with Crippen LogP contribution in [0.25, 0.3) is 0 Å². The predicted molar refractivity (Wildman–Crippen MR) is 79.7 cm³/mol. The Bertz CT molecular complexity index is 651. The first-order valence-corrected chi connectivity index (χ1v) is 6.88. The molecular weight excluding hydrogens is 299 g/mol. The molecule has 1 aromatic carbocycles. The molecular formula is C14H14Cl2N2O2. The summed E-state index contributed by atoms with van der Waals surface area (Å²) < 4.78 is 5.20. The SMILES string of the molecule is Cc1noc(C(C)C)c1C(=O)Nc1cc(Cl)ccc1Cl. The van der Waals surface area contributed by atoms with Gasteiger partial charge in [-0.1, -0.05) is 42.2 Å². The number of rotatable bonds is 3. The molecule has 0 atom stereocenters. The van der Waals surface area contributed by atoms with Crippen molar-refractivity contribution < 1.29 is 9.32 Å². The Balaban J connectivity index is 2.33. The van der Waals surface area contributed by atoms with Gasteiger partial charge in [-0.2, -0.15) is 0 Å². The van der Waals surface area contributed by atoms with Gasteiger partial charge in [0.05, 0.1) is 16.4 Å².